The lowest BCUT2D eigenvalue weighted by Crippen LogP contribution is -2.31. The number of nitrogens with zero attached hydrogens (tertiary/aromatic N) is 2. The molecule has 5 nitrogen and oxygen atoms in total. The first-order valence-electron chi connectivity index (χ1n) is 6.50. The molecule has 1 aromatic heterocycles. The van der Waals surface area contributed by atoms with E-state index in [0.717, 1.165) is 5.56 Å². The molecule has 0 bridgehead atoms. The minimum Gasteiger partial charge on any atom is -0.468 e. The molecule has 110 valence electrons. The number of rotatable bonds is 6. The van der Waals surface area contributed by atoms with Crippen LogP contribution >= 0.6 is 0 Å². The van der Waals surface area contributed by atoms with Crippen molar-refractivity contribution in [1.82, 2.24) is 4.31 Å². The Morgan fingerprint density at radius 1 is 1.29 bits per heavy atom. The van der Waals surface area contributed by atoms with E-state index < -0.39 is 10.0 Å². The van der Waals surface area contributed by atoms with Crippen molar-refractivity contribution in [3.05, 3.63) is 54.0 Å². The molecule has 0 aliphatic rings. The Hall–Kier alpha value is -2.10. The van der Waals surface area contributed by atoms with E-state index in [1.807, 2.05) is 19.1 Å². The molecule has 0 N–H and O–H groups in total. The lowest BCUT2D eigenvalue weighted by molar-refractivity contribution is 0.368. The maximum atomic E-state index is 12.7. The Morgan fingerprint density at radius 3 is 2.71 bits per heavy atom. The minimum absolute atomic E-state index is 0.116. The Kier molecular flexibility index (Phi) is 4.78. The largest absolute Gasteiger partial charge is 0.468 e. The quantitative estimate of drug-likeness (QED) is 0.822. The van der Waals surface area contributed by atoms with Gasteiger partial charge >= 0.3 is 0 Å². The molecule has 21 heavy (non-hydrogen) atoms. The number of aryl methyl sites for hydroxylation is 1. The van der Waals surface area contributed by atoms with Crippen LogP contribution in [0.25, 0.3) is 0 Å². The van der Waals surface area contributed by atoms with Crippen LogP contribution in [0, 0.1) is 18.3 Å². The normalized spacial score (nSPS) is 11.5. The van der Waals surface area contributed by atoms with E-state index >= 15 is 0 Å². The summed E-state index contributed by atoms with van der Waals surface area (Å²) in [6.45, 7) is 2.09. The average molecular weight is 304 g/mol. The summed E-state index contributed by atoms with van der Waals surface area (Å²) in [4.78, 5) is 0.229. The van der Waals surface area contributed by atoms with Gasteiger partial charge in [0, 0.05) is 13.0 Å². The summed E-state index contributed by atoms with van der Waals surface area (Å²) in [6, 6.07) is 12.1. The molecular formula is C15H16N2O3S. The molecule has 2 rings (SSSR count). The highest BCUT2D eigenvalue weighted by Crippen LogP contribution is 2.20. The van der Waals surface area contributed by atoms with Crippen LogP contribution in [0.2, 0.25) is 0 Å². The van der Waals surface area contributed by atoms with Gasteiger partial charge in [-0.05, 0) is 36.8 Å². The number of benzene rings is 1. The predicted molar refractivity (Wildman–Crippen MR) is 77.7 cm³/mol. The van der Waals surface area contributed by atoms with Crippen molar-refractivity contribution in [2.45, 2.75) is 24.8 Å². The van der Waals surface area contributed by atoms with Gasteiger partial charge in [-0.1, -0.05) is 12.1 Å². The van der Waals surface area contributed by atoms with Crippen molar-refractivity contribution in [3.8, 4) is 6.07 Å². The number of hydrogen-bond donors (Lipinski definition) is 0. The van der Waals surface area contributed by atoms with E-state index in [-0.39, 0.29) is 24.4 Å². The van der Waals surface area contributed by atoms with E-state index in [9.17, 15) is 8.42 Å². The van der Waals surface area contributed by atoms with Crippen molar-refractivity contribution in [1.29, 1.82) is 5.26 Å². The summed E-state index contributed by atoms with van der Waals surface area (Å²) in [5.74, 6) is 0.546. The van der Waals surface area contributed by atoms with Gasteiger partial charge < -0.3 is 4.42 Å². The zero-order valence-electron chi connectivity index (χ0n) is 11.7. The van der Waals surface area contributed by atoms with E-state index in [2.05, 4.69) is 0 Å². The molecule has 0 saturated heterocycles. The second kappa shape index (κ2) is 6.57. The predicted octanol–water partition coefficient (Wildman–Crippen LogP) is 2.69. The molecule has 0 spiro atoms. The zero-order chi connectivity index (χ0) is 15.3. The number of sulfonamides is 1. The molecule has 2 aromatic rings. The molecular weight excluding hydrogens is 288 g/mol. The molecule has 0 unspecified atom stereocenters. The first-order valence-corrected chi connectivity index (χ1v) is 7.94. The van der Waals surface area contributed by atoms with Gasteiger partial charge in [0.25, 0.3) is 0 Å². The van der Waals surface area contributed by atoms with Crippen LogP contribution in [0.5, 0.6) is 0 Å². The van der Waals surface area contributed by atoms with Crippen LogP contribution in [-0.4, -0.2) is 19.3 Å². The fourth-order valence-electron chi connectivity index (χ4n) is 1.96. The van der Waals surface area contributed by atoms with E-state index in [4.69, 9.17) is 9.68 Å². The monoisotopic (exact) mass is 304 g/mol. The maximum Gasteiger partial charge on any atom is 0.243 e. The van der Waals surface area contributed by atoms with E-state index in [1.54, 1.807) is 30.3 Å². The van der Waals surface area contributed by atoms with Crippen LogP contribution < -0.4 is 0 Å². The molecule has 0 fully saturated rings. The van der Waals surface area contributed by atoms with E-state index in [1.165, 1.54) is 10.6 Å². The van der Waals surface area contributed by atoms with Gasteiger partial charge in [-0.3, -0.25) is 0 Å². The third-order valence-electron chi connectivity index (χ3n) is 3.01. The van der Waals surface area contributed by atoms with Gasteiger partial charge in [0.2, 0.25) is 10.0 Å². The number of hydrogen-bond acceptors (Lipinski definition) is 4. The Morgan fingerprint density at radius 2 is 2.10 bits per heavy atom. The van der Waals surface area contributed by atoms with Crippen LogP contribution in [0.3, 0.4) is 0 Å². The Bertz CT molecular complexity index is 731. The third kappa shape index (κ3) is 3.72. The molecule has 0 amide bonds. The molecule has 0 aliphatic carbocycles. The maximum absolute atomic E-state index is 12.7. The first kappa shape index (κ1) is 15.3. The summed E-state index contributed by atoms with van der Waals surface area (Å²) < 4.78 is 31.9. The SMILES string of the molecule is Cc1cccc(S(=O)(=O)N(CCC#N)Cc2ccco2)c1. The topological polar surface area (TPSA) is 74.3 Å². The lowest BCUT2D eigenvalue weighted by Gasteiger charge is -2.20. The summed E-state index contributed by atoms with van der Waals surface area (Å²) in [6.07, 6.45) is 1.63. The molecule has 1 aromatic carbocycles. The van der Waals surface area contributed by atoms with Crippen LogP contribution in [0.4, 0.5) is 0 Å². The van der Waals surface area contributed by atoms with Crippen LogP contribution in [-0.2, 0) is 16.6 Å². The first-order chi connectivity index (χ1) is 10.0. The summed E-state index contributed by atoms with van der Waals surface area (Å²) in [5.41, 5.74) is 0.870. The highest BCUT2D eigenvalue weighted by Gasteiger charge is 2.25. The summed E-state index contributed by atoms with van der Waals surface area (Å²) in [7, 11) is -3.65. The summed E-state index contributed by atoms with van der Waals surface area (Å²) >= 11 is 0. The molecule has 0 saturated carbocycles. The van der Waals surface area contributed by atoms with Gasteiger partial charge in [-0.2, -0.15) is 9.57 Å². The average Bonchev–Trinajstić information content (AvgIpc) is 2.96. The van der Waals surface area contributed by atoms with Crippen molar-refractivity contribution >= 4 is 10.0 Å². The van der Waals surface area contributed by atoms with E-state index in [0.29, 0.717) is 5.76 Å². The highest BCUT2D eigenvalue weighted by atomic mass is 32.2. The van der Waals surface area contributed by atoms with Gasteiger partial charge in [-0.15, -0.1) is 0 Å². The van der Waals surface area contributed by atoms with Gasteiger partial charge in [0.15, 0.2) is 0 Å². The fourth-order valence-corrected chi connectivity index (χ4v) is 3.47. The second-order valence-electron chi connectivity index (χ2n) is 4.64. The smallest absolute Gasteiger partial charge is 0.243 e. The molecule has 6 heteroatoms. The zero-order valence-corrected chi connectivity index (χ0v) is 12.5. The van der Waals surface area contributed by atoms with Crippen molar-refractivity contribution in [2.75, 3.05) is 6.54 Å². The van der Waals surface area contributed by atoms with Crippen LogP contribution in [0.1, 0.15) is 17.7 Å². The number of nitriles is 1. The summed E-state index contributed by atoms with van der Waals surface area (Å²) in [5, 5.41) is 8.73. The number of furan rings is 1. The standard InChI is InChI=1S/C15H16N2O3S/c1-13-5-2-7-15(11-13)21(18,19)17(9-4-8-16)12-14-6-3-10-20-14/h2-3,5-7,10-11H,4,9,12H2,1H3. The molecule has 1 heterocycles. The third-order valence-corrected chi connectivity index (χ3v) is 4.85. The van der Waals surface area contributed by atoms with Crippen molar-refractivity contribution < 1.29 is 12.8 Å². The highest BCUT2D eigenvalue weighted by molar-refractivity contribution is 7.89. The minimum atomic E-state index is -3.65. The van der Waals surface area contributed by atoms with Crippen molar-refractivity contribution in [2.24, 2.45) is 0 Å². The lowest BCUT2D eigenvalue weighted by atomic mass is 10.2. The molecule has 0 atom stereocenters. The van der Waals surface area contributed by atoms with Gasteiger partial charge in [-0.25, -0.2) is 8.42 Å². The molecule has 0 aliphatic heterocycles. The van der Waals surface area contributed by atoms with Gasteiger partial charge in [0.1, 0.15) is 5.76 Å². The Labute approximate surface area is 124 Å². The Balaban J connectivity index is 2.32. The van der Waals surface area contributed by atoms with Gasteiger partial charge in [0.05, 0.1) is 23.8 Å². The van der Waals surface area contributed by atoms with Crippen LogP contribution in [0.15, 0.2) is 52.0 Å². The fraction of sp³-hybridized carbons (Fsp3) is 0.267. The van der Waals surface area contributed by atoms with Crippen molar-refractivity contribution in [3.63, 3.8) is 0 Å². The molecule has 0 radical (unpaired) electrons. The second-order valence-corrected chi connectivity index (χ2v) is 6.58.